The molecule has 2 fully saturated rings. The van der Waals surface area contributed by atoms with E-state index < -0.39 is 5.97 Å². The smallest absolute Gasteiger partial charge is 0.343 e. The molecule has 8 heteroatoms. The lowest BCUT2D eigenvalue weighted by molar-refractivity contribution is -0.142. The lowest BCUT2D eigenvalue weighted by Crippen LogP contribution is -2.37. The van der Waals surface area contributed by atoms with Gasteiger partial charge in [-0.15, -0.1) is 0 Å². The first-order valence-corrected chi connectivity index (χ1v) is 16.6. The number of carbonyl (C=O) groups excluding carboxylic acids is 4. The number of hydrogen-bond donors (Lipinski definition) is 0. The number of esters is 3. The Morgan fingerprint density at radius 2 is 1.51 bits per heavy atom. The molecule has 0 radical (unpaired) electrons. The largest absolute Gasteiger partial charge is 0.466 e. The van der Waals surface area contributed by atoms with Gasteiger partial charge < -0.3 is 18.9 Å². The van der Waals surface area contributed by atoms with E-state index >= 15 is 0 Å². The van der Waals surface area contributed by atoms with Gasteiger partial charge in [0.1, 0.15) is 11.5 Å². The quantitative estimate of drug-likeness (QED) is 0.0864. The maximum Gasteiger partial charge on any atom is 0.343 e. The third-order valence-corrected chi connectivity index (χ3v) is 9.33. The molecule has 0 aromatic heterocycles. The molecule has 4 unspecified atom stereocenters. The normalized spacial score (nSPS) is 21.0. The summed E-state index contributed by atoms with van der Waals surface area (Å²) in [5.41, 5.74) is 1.80. The second-order valence-corrected chi connectivity index (χ2v) is 12.5. The summed E-state index contributed by atoms with van der Waals surface area (Å²) in [5.74, 6) is 0.118. The SMILES string of the molecule is CCC(=O)c1cc(OC(=O)c2ccc(CCCCCCCOC(C)=O)cc2)ccc1OC(=O)C1CCC2CC(OC)CCC2C1. The predicted octanol–water partition coefficient (Wildman–Crippen LogP) is 7.69. The van der Waals surface area contributed by atoms with Crippen molar-refractivity contribution in [3.63, 3.8) is 0 Å². The summed E-state index contributed by atoms with van der Waals surface area (Å²) in [6.07, 6.45) is 12.3. The average Bonchev–Trinajstić information content (AvgIpc) is 3.05. The standard InChI is InChI=1S/C37H48O8/c1-4-34(39)33-24-32(19-20-35(33)45-37(41)30-16-15-29-23-31(42-3)18-17-28(29)22-30)44-36(40)27-13-11-26(12-14-27)10-8-6-5-7-9-21-43-25(2)38/h11-14,19-20,24,28-31H,4-10,15-18,21-23H2,1-3H3. The Morgan fingerprint density at radius 3 is 2.24 bits per heavy atom. The number of unbranched alkanes of at least 4 members (excludes halogenated alkanes) is 4. The minimum atomic E-state index is -0.520. The van der Waals surface area contributed by atoms with Gasteiger partial charge in [0.2, 0.25) is 0 Å². The monoisotopic (exact) mass is 620 g/mol. The molecule has 244 valence electrons. The zero-order chi connectivity index (χ0) is 32.2. The zero-order valence-electron chi connectivity index (χ0n) is 27.0. The fourth-order valence-corrected chi connectivity index (χ4v) is 6.69. The number of fused-ring (bicyclic) bond motifs is 1. The van der Waals surface area contributed by atoms with Gasteiger partial charge in [0.15, 0.2) is 5.78 Å². The highest BCUT2D eigenvalue weighted by molar-refractivity contribution is 6.00. The molecular formula is C37H48O8. The lowest BCUT2D eigenvalue weighted by Gasteiger charge is -2.41. The van der Waals surface area contributed by atoms with Crippen LogP contribution < -0.4 is 9.47 Å². The first-order chi connectivity index (χ1) is 21.8. The highest BCUT2D eigenvalue weighted by Gasteiger charge is 2.38. The van der Waals surface area contributed by atoms with Crippen LogP contribution >= 0.6 is 0 Å². The van der Waals surface area contributed by atoms with Crippen molar-refractivity contribution in [3.8, 4) is 11.5 Å². The van der Waals surface area contributed by atoms with Crippen molar-refractivity contribution in [2.75, 3.05) is 13.7 Å². The average molecular weight is 621 g/mol. The number of ketones is 1. The molecule has 4 atom stereocenters. The van der Waals surface area contributed by atoms with Crippen LogP contribution in [0.3, 0.4) is 0 Å². The molecule has 0 saturated heterocycles. The molecule has 2 aromatic carbocycles. The number of hydrogen-bond acceptors (Lipinski definition) is 8. The maximum atomic E-state index is 13.2. The number of rotatable bonds is 15. The minimum absolute atomic E-state index is 0.186. The fraction of sp³-hybridized carbons (Fsp3) is 0.568. The van der Waals surface area contributed by atoms with Gasteiger partial charge in [-0.2, -0.15) is 0 Å². The third-order valence-electron chi connectivity index (χ3n) is 9.33. The van der Waals surface area contributed by atoms with Gasteiger partial charge in [-0.1, -0.05) is 38.3 Å². The van der Waals surface area contributed by atoms with Gasteiger partial charge in [-0.25, -0.2) is 4.79 Å². The highest BCUT2D eigenvalue weighted by Crippen LogP contribution is 2.44. The van der Waals surface area contributed by atoms with Gasteiger partial charge in [0.25, 0.3) is 0 Å². The second-order valence-electron chi connectivity index (χ2n) is 12.5. The molecule has 0 spiro atoms. The summed E-state index contributed by atoms with van der Waals surface area (Å²) in [6, 6.07) is 12.0. The van der Waals surface area contributed by atoms with Gasteiger partial charge in [0.05, 0.1) is 29.8 Å². The molecule has 0 heterocycles. The van der Waals surface area contributed by atoms with Crippen molar-refractivity contribution in [1.82, 2.24) is 0 Å². The van der Waals surface area contributed by atoms with Crippen LogP contribution in [-0.4, -0.2) is 43.5 Å². The van der Waals surface area contributed by atoms with Crippen LogP contribution in [0.5, 0.6) is 11.5 Å². The van der Waals surface area contributed by atoms with Crippen LogP contribution in [0.4, 0.5) is 0 Å². The van der Waals surface area contributed by atoms with Crippen molar-refractivity contribution < 1.29 is 38.1 Å². The van der Waals surface area contributed by atoms with E-state index in [1.54, 1.807) is 38.3 Å². The molecule has 2 aliphatic carbocycles. The van der Waals surface area contributed by atoms with Crippen molar-refractivity contribution in [1.29, 1.82) is 0 Å². The molecule has 2 aliphatic rings. The van der Waals surface area contributed by atoms with Gasteiger partial charge >= 0.3 is 17.9 Å². The van der Waals surface area contributed by atoms with Crippen LogP contribution in [0.2, 0.25) is 0 Å². The van der Waals surface area contributed by atoms with Crippen LogP contribution in [0, 0.1) is 17.8 Å². The van der Waals surface area contributed by atoms with E-state index in [9.17, 15) is 19.2 Å². The summed E-state index contributed by atoms with van der Waals surface area (Å²) in [7, 11) is 1.77. The molecular weight excluding hydrogens is 572 g/mol. The van der Waals surface area contributed by atoms with Crippen molar-refractivity contribution >= 4 is 23.7 Å². The second kappa shape index (κ2) is 17.2. The Bertz CT molecular complexity index is 1300. The number of carbonyl (C=O) groups is 4. The van der Waals surface area contributed by atoms with Gasteiger partial charge in [-0.3, -0.25) is 14.4 Å². The molecule has 8 nitrogen and oxygen atoms in total. The summed E-state index contributed by atoms with van der Waals surface area (Å²) < 4.78 is 22.0. The van der Waals surface area contributed by atoms with Crippen molar-refractivity contribution in [2.24, 2.45) is 17.8 Å². The zero-order valence-corrected chi connectivity index (χ0v) is 27.0. The molecule has 0 bridgehead atoms. The van der Waals surface area contributed by atoms with Crippen LogP contribution in [-0.2, 0) is 25.5 Å². The van der Waals surface area contributed by atoms with Gasteiger partial charge in [0, 0.05) is 20.5 Å². The lowest BCUT2D eigenvalue weighted by atomic mass is 9.67. The molecule has 0 aliphatic heterocycles. The first-order valence-electron chi connectivity index (χ1n) is 16.6. The number of aryl methyl sites for hydroxylation is 1. The number of methoxy groups -OCH3 is 1. The number of benzene rings is 2. The minimum Gasteiger partial charge on any atom is -0.466 e. The van der Waals surface area contributed by atoms with E-state index in [0.717, 1.165) is 82.6 Å². The van der Waals surface area contributed by atoms with E-state index in [1.807, 2.05) is 12.1 Å². The summed E-state index contributed by atoms with van der Waals surface area (Å²) in [4.78, 5) is 49.7. The third kappa shape index (κ3) is 10.2. The Kier molecular flexibility index (Phi) is 13.2. The highest BCUT2D eigenvalue weighted by atomic mass is 16.5. The molecule has 2 saturated carbocycles. The van der Waals surface area contributed by atoms with E-state index in [1.165, 1.54) is 13.0 Å². The van der Waals surface area contributed by atoms with Crippen molar-refractivity contribution in [3.05, 3.63) is 59.2 Å². The van der Waals surface area contributed by atoms with Crippen LogP contribution in [0.15, 0.2) is 42.5 Å². The summed E-state index contributed by atoms with van der Waals surface area (Å²) >= 11 is 0. The number of Topliss-reactive ketones (excluding diaryl/α,β-unsaturated/α-hetero) is 1. The van der Waals surface area contributed by atoms with Crippen LogP contribution in [0.25, 0.3) is 0 Å². The predicted molar refractivity (Wildman–Crippen MR) is 170 cm³/mol. The van der Waals surface area contributed by atoms with E-state index in [4.69, 9.17) is 18.9 Å². The van der Waals surface area contributed by atoms with Crippen molar-refractivity contribution in [2.45, 2.75) is 103 Å². The molecule has 45 heavy (non-hydrogen) atoms. The van der Waals surface area contributed by atoms with Crippen LogP contribution in [0.1, 0.15) is 117 Å². The van der Waals surface area contributed by atoms with Gasteiger partial charge in [-0.05, 0) is 106 Å². The fourth-order valence-electron chi connectivity index (χ4n) is 6.69. The van der Waals surface area contributed by atoms with E-state index in [2.05, 4.69) is 0 Å². The molecule has 2 aromatic rings. The molecule has 4 rings (SSSR count). The van der Waals surface area contributed by atoms with E-state index in [-0.39, 0.29) is 47.1 Å². The first kappa shape index (κ1) is 34.4. The van der Waals surface area contributed by atoms with E-state index in [0.29, 0.717) is 30.1 Å². The molecule has 0 amide bonds. The Hall–Kier alpha value is -3.52. The Labute approximate surface area is 267 Å². The Morgan fingerprint density at radius 1 is 0.800 bits per heavy atom. The Balaban J connectivity index is 1.28. The summed E-state index contributed by atoms with van der Waals surface area (Å²) in [6.45, 7) is 3.66. The maximum absolute atomic E-state index is 13.2. The summed E-state index contributed by atoms with van der Waals surface area (Å²) in [5, 5.41) is 0. The topological polar surface area (TPSA) is 105 Å². The molecule has 0 N–H and O–H groups in total. The number of ether oxygens (including phenoxy) is 4.